The molecule has 1 fully saturated rings. The zero-order chi connectivity index (χ0) is 22.5. The number of hydrogen-bond donors (Lipinski definition) is 2. The number of para-hydroxylation sites is 2. The Hall–Kier alpha value is -3.06. The Labute approximate surface area is 189 Å². The van der Waals surface area contributed by atoms with E-state index in [2.05, 4.69) is 52.5 Å². The van der Waals surface area contributed by atoms with Crippen LogP contribution < -0.4 is 20.3 Å². The quantitative estimate of drug-likeness (QED) is 0.653. The van der Waals surface area contributed by atoms with E-state index in [0.29, 0.717) is 18.0 Å². The van der Waals surface area contributed by atoms with Crippen molar-refractivity contribution in [3.8, 4) is 5.75 Å². The van der Waals surface area contributed by atoms with Gasteiger partial charge >= 0.3 is 0 Å². The molecule has 2 amide bonds. The van der Waals surface area contributed by atoms with E-state index in [0.717, 1.165) is 39.1 Å². The Morgan fingerprint density at radius 2 is 1.91 bits per heavy atom. The third-order valence-electron chi connectivity index (χ3n) is 6.13. The highest BCUT2D eigenvalue weighted by Gasteiger charge is 2.29. The van der Waals surface area contributed by atoms with E-state index in [1.165, 1.54) is 16.8 Å². The van der Waals surface area contributed by atoms with E-state index in [1.807, 2.05) is 12.1 Å². The number of carbonyl (C=O) groups excluding carboxylic acids is 2. The molecule has 0 spiro atoms. The van der Waals surface area contributed by atoms with Gasteiger partial charge in [0.2, 0.25) is 5.91 Å². The molecule has 2 aromatic carbocycles. The van der Waals surface area contributed by atoms with Gasteiger partial charge in [-0.1, -0.05) is 24.3 Å². The van der Waals surface area contributed by atoms with Gasteiger partial charge in [0, 0.05) is 38.4 Å². The van der Waals surface area contributed by atoms with Crippen LogP contribution in [0.15, 0.2) is 42.5 Å². The number of fused-ring (bicyclic) bond motifs is 1. The van der Waals surface area contributed by atoms with Crippen LogP contribution >= 0.6 is 0 Å². The number of anilines is 2. The van der Waals surface area contributed by atoms with Crippen LogP contribution in [-0.4, -0.2) is 62.1 Å². The van der Waals surface area contributed by atoms with Crippen LogP contribution in [0.3, 0.4) is 0 Å². The zero-order valence-electron chi connectivity index (χ0n) is 18.9. The fourth-order valence-electron chi connectivity index (χ4n) is 4.27. The number of aryl methyl sites for hydroxylation is 2. The van der Waals surface area contributed by atoms with Gasteiger partial charge in [0.1, 0.15) is 5.75 Å². The Morgan fingerprint density at radius 3 is 2.72 bits per heavy atom. The third kappa shape index (κ3) is 5.40. The molecule has 32 heavy (non-hydrogen) atoms. The lowest BCUT2D eigenvalue weighted by atomic mass is 10.1. The van der Waals surface area contributed by atoms with Crippen molar-refractivity contribution in [2.45, 2.75) is 32.8 Å². The van der Waals surface area contributed by atoms with Crippen LogP contribution in [0.1, 0.15) is 24.0 Å². The summed E-state index contributed by atoms with van der Waals surface area (Å²) >= 11 is 0. The van der Waals surface area contributed by atoms with Crippen molar-refractivity contribution in [1.29, 1.82) is 0 Å². The second kappa shape index (κ2) is 10.0. The summed E-state index contributed by atoms with van der Waals surface area (Å²) in [5, 5.41) is 5.72. The fraction of sp³-hybridized carbons (Fsp3) is 0.440. The summed E-state index contributed by atoms with van der Waals surface area (Å²) in [6.45, 7) is 9.95. The number of amides is 2. The van der Waals surface area contributed by atoms with Crippen molar-refractivity contribution < 1.29 is 14.3 Å². The molecule has 7 heteroatoms. The summed E-state index contributed by atoms with van der Waals surface area (Å²) < 4.78 is 5.69. The lowest BCUT2D eigenvalue weighted by Gasteiger charge is -2.37. The first-order valence-electron chi connectivity index (χ1n) is 11.4. The molecule has 170 valence electrons. The summed E-state index contributed by atoms with van der Waals surface area (Å²) in [6, 6.07) is 13.9. The second-order valence-corrected chi connectivity index (χ2v) is 8.62. The average Bonchev–Trinajstić information content (AvgIpc) is 2.79. The van der Waals surface area contributed by atoms with E-state index in [9.17, 15) is 9.59 Å². The van der Waals surface area contributed by atoms with Gasteiger partial charge < -0.3 is 20.3 Å². The molecule has 2 aliphatic heterocycles. The van der Waals surface area contributed by atoms with Gasteiger partial charge in [-0.15, -0.1) is 0 Å². The molecule has 2 aromatic rings. The predicted octanol–water partition coefficient (Wildman–Crippen LogP) is 2.72. The molecule has 0 aromatic heterocycles. The topological polar surface area (TPSA) is 73.9 Å². The maximum absolute atomic E-state index is 12.3. The monoisotopic (exact) mass is 436 g/mol. The Kier molecular flexibility index (Phi) is 6.95. The number of hydrogen-bond acceptors (Lipinski definition) is 5. The zero-order valence-corrected chi connectivity index (χ0v) is 18.9. The van der Waals surface area contributed by atoms with Crippen LogP contribution in [-0.2, 0) is 9.59 Å². The minimum Gasteiger partial charge on any atom is -0.478 e. The molecule has 0 radical (unpaired) electrons. The van der Waals surface area contributed by atoms with Crippen molar-refractivity contribution in [2.24, 2.45) is 0 Å². The van der Waals surface area contributed by atoms with Crippen molar-refractivity contribution in [3.63, 3.8) is 0 Å². The van der Waals surface area contributed by atoms with Crippen molar-refractivity contribution in [1.82, 2.24) is 10.2 Å². The van der Waals surface area contributed by atoms with E-state index < -0.39 is 6.10 Å². The predicted molar refractivity (Wildman–Crippen MR) is 126 cm³/mol. The van der Waals surface area contributed by atoms with Gasteiger partial charge in [0.05, 0.1) is 12.1 Å². The fourth-order valence-corrected chi connectivity index (χ4v) is 4.27. The molecular formula is C25H32N4O3. The summed E-state index contributed by atoms with van der Waals surface area (Å²) in [5.74, 6) is 0.162. The number of piperazine rings is 1. The first kappa shape index (κ1) is 22.1. The maximum Gasteiger partial charge on any atom is 0.266 e. The highest BCUT2D eigenvalue weighted by atomic mass is 16.5. The first-order chi connectivity index (χ1) is 15.5. The normalized spacial score (nSPS) is 18.5. The summed E-state index contributed by atoms with van der Waals surface area (Å²) in [5.41, 5.74) is 4.61. The van der Waals surface area contributed by atoms with Gasteiger partial charge in [-0.3, -0.25) is 14.5 Å². The maximum atomic E-state index is 12.3. The number of carbonyl (C=O) groups is 2. The van der Waals surface area contributed by atoms with Gasteiger partial charge in [0.15, 0.2) is 6.10 Å². The number of nitrogens with one attached hydrogen (secondary N) is 2. The molecule has 1 saturated heterocycles. The molecule has 0 saturated carbocycles. The summed E-state index contributed by atoms with van der Waals surface area (Å²) in [6.07, 6.45) is 0.118. The first-order valence-corrected chi connectivity index (χ1v) is 11.4. The smallest absolute Gasteiger partial charge is 0.266 e. The Balaban J connectivity index is 1.14. The molecule has 2 heterocycles. The lowest BCUT2D eigenvalue weighted by molar-refractivity contribution is -0.130. The molecule has 0 bridgehead atoms. The molecule has 2 aliphatic rings. The Bertz CT molecular complexity index is 969. The molecule has 4 rings (SSSR count). The largest absolute Gasteiger partial charge is 0.478 e. The molecule has 1 atom stereocenters. The third-order valence-corrected chi connectivity index (χ3v) is 6.13. The van der Waals surface area contributed by atoms with E-state index >= 15 is 0 Å². The SMILES string of the molecule is Cc1ccc(C)c(N2CCN(CCCNC(=O)CC3Oc4ccccc4NC3=O)CC2)c1. The number of rotatable bonds is 7. The van der Waals surface area contributed by atoms with Gasteiger partial charge in [0.25, 0.3) is 5.91 Å². The molecule has 7 nitrogen and oxygen atoms in total. The summed E-state index contributed by atoms with van der Waals surface area (Å²) in [7, 11) is 0. The highest BCUT2D eigenvalue weighted by molar-refractivity contribution is 5.99. The molecule has 1 unspecified atom stereocenters. The number of benzene rings is 2. The minimum atomic E-state index is -0.789. The van der Waals surface area contributed by atoms with Gasteiger partial charge in [-0.2, -0.15) is 0 Å². The van der Waals surface area contributed by atoms with Crippen molar-refractivity contribution in [2.75, 3.05) is 49.5 Å². The highest BCUT2D eigenvalue weighted by Crippen LogP contribution is 2.29. The van der Waals surface area contributed by atoms with Crippen LogP contribution in [0, 0.1) is 13.8 Å². The Morgan fingerprint density at radius 1 is 1.12 bits per heavy atom. The van der Waals surface area contributed by atoms with Crippen LogP contribution in [0.25, 0.3) is 0 Å². The van der Waals surface area contributed by atoms with Gasteiger partial charge in [-0.05, 0) is 56.1 Å². The number of ether oxygens (including phenoxy) is 1. The van der Waals surface area contributed by atoms with Crippen LogP contribution in [0.4, 0.5) is 11.4 Å². The molecule has 2 N–H and O–H groups in total. The van der Waals surface area contributed by atoms with Gasteiger partial charge in [-0.25, -0.2) is 0 Å². The molecular weight excluding hydrogens is 404 g/mol. The molecule has 0 aliphatic carbocycles. The van der Waals surface area contributed by atoms with E-state index in [4.69, 9.17) is 4.74 Å². The van der Waals surface area contributed by atoms with Crippen LogP contribution in [0.5, 0.6) is 5.75 Å². The minimum absolute atomic E-state index is 0.0225. The van der Waals surface area contributed by atoms with E-state index in [-0.39, 0.29) is 18.2 Å². The standard InChI is InChI=1S/C25H32N4O3/c1-18-8-9-19(2)21(16-18)29-14-12-28(13-15-29)11-5-10-26-24(30)17-23-25(31)27-20-6-3-4-7-22(20)32-23/h3-4,6-9,16,23H,5,10-15,17H2,1-2H3,(H,26,30)(H,27,31). The second-order valence-electron chi connectivity index (χ2n) is 8.62. The number of nitrogens with zero attached hydrogens (tertiary/aromatic N) is 2. The lowest BCUT2D eigenvalue weighted by Crippen LogP contribution is -2.47. The van der Waals surface area contributed by atoms with Crippen LogP contribution in [0.2, 0.25) is 0 Å². The van der Waals surface area contributed by atoms with Crippen molar-refractivity contribution in [3.05, 3.63) is 53.6 Å². The average molecular weight is 437 g/mol. The summed E-state index contributed by atoms with van der Waals surface area (Å²) in [4.78, 5) is 29.4. The van der Waals surface area contributed by atoms with Crippen molar-refractivity contribution >= 4 is 23.2 Å². The van der Waals surface area contributed by atoms with E-state index in [1.54, 1.807) is 12.1 Å².